The van der Waals surface area contributed by atoms with Crippen molar-refractivity contribution in [2.45, 2.75) is 392 Å². The van der Waals surface area contributed by atoms with Crippen LogP contribution >= 0.6 is 0 Å². The van der Waals surface area contributed by atoms with Gasteiger partial charge < -0.3 is 20.3 Å². The third kappa shape index (κ3) is 63.1. The van der Waals surface area contributed by atoms with Gasteiger partial charge in [0.05, 0.1) is 25.4 Å². The second-order valence-corrected chi connectivity index (χ2v) is 23.9. The molecule has 0 bridgehead atoms. The molecule has 0 aliphatic heterocycles. The predicted molar refractivity (Wildman–Crippen MR) is 338 cm³/mol. The lowest BCUT2D eigenvalue weighted by atomic mass is 10.0. The number of aliphatic hydroxyl groups excluding tert-OH is 2. The standard InChI is InChI=1S/C71H135NO5/c1-3-5-7-9-11-13-15-40-45-49-53-57-61-65-71(76)77-66-62-58-54-50-46-42-39-37-35-33-31-29-27-25-23-21-19-17-18-20-22-24-26-28-30-32-34-36-38-41-44-48-52-56-60-64-70(75)72-68(67-73)69(74)63-59-55-51-47-43-16-14-12-10-8-6-4-2/h13,15,19,21,25,27,68-69,73-74H,3-12,14,16-18,20,22-24,26,28-67H2,1-2H3,(H,72,75)/b15-13-,21-19-,27-25-. The Morgan fingerprint density at radius 2 is 0.649 bits per heavy atom. The van der Waals surface area contributed by atoms with Gasteiger partial charge in [-0.3, -0.25) is 9.59 Å². The summed E-state index contributed by atoms with van der Waals surface area (Å²) in [5.74, 6) is -0.0239. The van der Waals surface area contributed by atoms with Gasteiger partial charge in [-0.15, -0.1) is 0 Å². The molecule has 0 aromatic rings. The van der Waals surface area contributed by atoms with Crippen molar-refractivity contribution in [3.63, 3.8) is 0 Å². The fraction of sp³-hybridized carbons (Fsp3) is 0.887. The second kappa shape index (κ2) is 66.6. The Morgan fingerprint density at radius 3 is 1.01 bits per heavy atom. The van der Waals surface area contributed by atoms with E-state index in [-0.39, 0.29) is 18.5 Å². The van der Waals surface area contributed by atoms with Crippen LogP contribution in [0.25, 0.3) is 0 Å². The molecule has 3 N–H and O–H groups in total. The maximum atomic E-state index is 12.5. The first kappa shape index (κ1) is 75.1. The van der Waals surface area contributed by atoms with Gasteiger partial charge in [-0.1, -0.05) is 320 Å². The molecular weight excluding hydrogens is 947 g/mol. The molecule has 2 atom stereocenters. The summed E-state index contributed by atoms with van der Waals surface area (Å²) in [5.41, 5.74) is 0. The van der Waals surface area contributed by atoms with E-state index < -0.39 is 12.1 Å². The fourth-order valence-corrected chi connectivity index (χ4v) is 10.8. The van der Waals surface area contributed by atoms with Crippen molar-refractivity contribution in [1.29, 1.82) is 0 Å². The van der Waals surface area contributed by atoms with Gasteiger partial charge in [0, 0.05) is 12.8 Å². The van der Waals surface area contributed by atoms with Crippen molar-refractivity contribution in [3.8, 4) is 0 Å². The molecule has 0 saturated heterocycles. The minimum atomic E-state index is -0.661. The largest absolute Gasteiger partial charge is 0.466 e. The highest BCUT2D eigenvalue weighted by atomic mass is 16.5. The molecule has 0 aromatic carbocycles. The number of amides is 1. The van der Waals surface area contributed by atoms with E-state index in [0.717, 1.165) is 51.4 Å². The van der Waals surface area contributed by atoms with Gasteiger partial charge in [0.25, 0.3) is 0 Å². The van der Waals surface area contributed by atoms with E-state index in [9.17, 15) is 19.8 Å². The highest BCUT2D eigenvalue weighted by molar-refractivity contribution is 5.76. The van der Waals surface area contributed by atoms with Crippen LogP contribution in [0.1, 0.15) is 380 Å². The maximum absolute atomic E-state index is 12.5. The lowest BCUT2D eigenvalue weighted by Gasteiger charge is -2.22. The molecule has 0 aliphatic carbocycles. The molecule has 0 spiro atoms. The van der Waals surface area contributed by atoms with E-state index in [0.29, 0.717) is 25.9 Å². The van der Waals surface area contributed by atoms with Gasteiger partial charge in [-0.2, -0.15) is 0 Å². The summed E-state index contributed by atoms with van der Waals surface area (Å²) in [6.07, 6.45) is 84.9. The number of ether oxygens (including phenoxy) is 1. The molecule has 77 heavy (non-hydrogen) atoms. The molecule has 0 aliphatic rings. The molecule has 2 unspecified atom stereocenters. The van der Waals surface area contributed by atoms with Crippen molar-refractivity contribution in [1.82, 2.24) is 5.32 Å². The highest BCUT2D eigenvalue weighted by Crippen LogP contribution is 2.18. The third-order valence-electron chi connectivity index (χ3n) is 16.2. The monoisotopic (exact) mass is 1080 g/mol. The molecular formula is C71H135NO5. The van der Waals surface area contributed by atoms with E-state index >= 15 is 0 Å². The summed E-state index contributed by atoms with van der Waals surface area (Å²) in [5, 5.41) is 23.3. The summed E-state index contributed by atoms with van der Waals surface area (Å²) < 4.78 is 5.48. The number of nitrogens with one attached hydrogen (secondary N) is 1. The minimum absolute atomic E-state index is 0.00764. The molecule has 0 aromatic heterocycles. The second-order valence-electron chi connectivity index (χ2n) is 23.9. The topological polar surface area (TPSA) is 95.9 Å². The lowest BCUT2D eigenvalue weighted by molar-refractivity contribution is -0.143. The zero-order valence-electron chi connectivity index (χ0n) is 52.0. The number of aliphatic hydroxyl groups is 2. The smallest absolute Gasteiger partial charge is 0.305 e. The summed E-state index contributed by atoms with van der Waals surface area (Å²) in [6.45, 7) is 4.95. The Labute approximate surface area is 481 Å². The van der Waals surface area contributed by atoms with E-state index in [2.05, 4.69) is 55.6 Å². The molecule has 6 nitrogen and oxygen atoms in total. The van der Waals surface area contributed by atoms with Crippen LogP contribution in [0, 0.1) is 0 Å². The number of unbranched alkanes of at least 4 members (excludes halogenated alkanes) is 48. The van der Waals surface area contributed by atoms with Crippen LogP contribution in [0.5, 0.6) is 0 Å². The maximum Gasteiger partial charge on any atom is 0.305 e. The van der Waals surface area contributed by atoms with E-state index in [1.807, 2.05) is 0 Å². The quantitative estimate of drug-likeness (QED) is 0.0320. The highest BCUT2D eigenvalue weighted by Gasteiger charge is 2.20. The average Bonchev–Trinajstić information content (AvgIpc) is 3.43. The number of allylic oxidation sites excluding steroid dienone is 6. The number of carbonyl (C=O) groups excluding carboxylic acids is 2. The van der Waals surface area contributed by atoms with Crippen molar-refractivity contribution in [2.24, 2.45) is 0 Å². The van der Waals surface area contributed by atoms with Crippen LogP contribution in [0.3, 0.4) is 0 Å². The van der Waals surface area contributed by atoms with E-state index in [1.54, 1.807) is 0 Å². The number of rotatable bonds is 65. The normalized spacial score (nSPS) is 12.7. The summed E-state index contributed by atoms with van der Waals surface area (Å²) >= 11 is 0. The fourth-order valence-electron chi connectivity index (χ4n) is 10.8. The first-order valence-electron chi connectivity index (χ1n) is 34.7. The van der Waals surface area contributed by atoms with Gasteiger partial charge >= 0.3 is 5.97 Å². The Kier molecular flexibility index (Phi) is 64.9. The first-order chi connectivity index (χ1) is 38.0. The summed E-state index contributed by atoms with van der Waals surface area (Å²) in [7, 11) is 0. The van der Waals surface area contributed by atoms with Crippen molar-refractivity contribution in [3.05, 3.63) is 36.5 Å². The van der Waals surface area contributed by atoms with Gasteiger partial charge in [-0.25, -0.2) is 0 Å². The van der Waals surface area contributed by atoms with Crippen LogP contribution in [0.4, 0.5) is 0 Å². The molecule has 0 fully saturated rings. The SMILES string of the molecule is CCCCCC/C=C\CCCCCCCC(=O)OCCCCCCCCCCCCC/C=C\C/C=C\CCCCCCCCCCCCCCCCCCCC(=O)NC(CO)C(O)CCCCCCCCCCCCCC. The Balaban J connectivity index is 3.36. The molecule has 1 amide bonds. The molecule has 0 saturated carbocycles. The van der Waals surface area contributed by atoms with Crippen molar-refractivity contribution < 1.29 is 24.5 Å². The first-order valence-corrected chi connectivity index (χ1v) is 34.7. The lowest BCUT2D eigenvalue weighted by Crippen LogP contribution is -2.45. The summed E-state index contributed by atoms with van der Waals surface area (Å²) in [4.78, 5) is 24.5. The van der Waals surface area contributed by atoms with Crippen LogP contribution in [-0.2, 0) is 14.3 Å². The zero-order chi connectivity index (χ0) is 55.7. The van der Waals surface area contributed by atoms with Crippen LogP contribution < -0.4 is 5.32 Å². The van der Waals surface area contributed by atoms with Crippen molar-refractivity contribution in [2.75, 3.05) is 13.2 Å². The van der Waals surface area contributed by atoms with Crippen LogP contribution in [0.15, 0.2) is 36.5 Å². The molecule has 6 heteroatoms. The zero-order valence-corrected chi connectivity index (χ0v) is 52.0. The molecule has 454 valence electrons. The number of hydrogen-bond donors (Lipinski definition) is 3. The Bertz CT molecular complexity index is 1250. The van der Waals surface area contributed by atoms with E-state index in [4.69, 9.17) is 4.74 Å². The van der Waals surface area contributed by atoms with Gasteiger partial charge in [0.15, 0.2) is 0 Å². The Hall–Kier alpha value is -1.92. The minimum Gasteiger partial charge on any atom is -0.466 e. The number of esters is 1. The van der Waals surface area contributed by atoms with E-state index in [1.165, 1.54) is 295 Å². The number of carbonyl (C=O) groups is 2. The molecule has 0 heterocycles. The van der Waals surface area contributed by atoms with Gasteiger partial charge in [-0.05, 0) is 83.5 Å². The van der Waals surface area contributed by atoms with Crippen molar-refractivity contribution >= 4 is 11.9 Å². The third-order valence-corrected chi connectivity index (χ3v) is 16.2. The van der Waals surface area contributed by atoms with Crippen LogP contribution in [-0.4, -0.2) is 47.4 Å². The van der Waals surface area contributed by atoms with Crippen LogP contribution in [0.2, 0.25) is 0 Å². The summed E-state index contributed by atoms with van der Waals surface area (Å²) in [6, 6.07) is -0.538. The average molecular weight is 1080 g/mol. The molecule has 0 radical (unpaired) electrons. The molecule has 0 rings (SSSR count). The number of hydrogen-bond acceptors (Lipinski definition) is 5. The Morgan fingerprint density at radius 1 is 0.364 bits per heavy atom. The van der Waals surface area contributed by atoms with Gasteiger partial charge in [0.2, 0.25) is 5.91 Å². The predicted octanol–water partition coefficient (Wildman–Crippen LogP) is 22.3. The van der Waals surface area contributed by atoms with Gasteiger partial charge in [0.1, 0.15) is 0 Å².